The number of carboxylic acid groups (broad SMARTS) is 1. The van der Waals surface area contributed by atoms with E-state index in [2.05, 4.69) is 24.9 Å². The molecule has 0 bridgehead atoms. The molecular weight excluding hydrogens is 262 g/mol. The maximum absolute atomic E-state index is 10.6. The summed E-state index contributed by atoms with van der Waals surface area (Å²) >= 11 is 6.08. The van der Waals surface area contributed by atoms with Crippen LogP contribution in [0.5, 0.6) is 0 Å². The van der Waals surface area contributed by atoms with E-state index in [0.29, 0.717) is 17.5 Å². The Morgan fingerprint density at radius 1 is 1.37 bits per heavy atom. The van der Waals surface area contributed by atoms with Crippen LogP contribution < -0.4 is 0 Å². The van der Waals surface area contributed by atoms with Gasteiger partial charge in [-0.25, -0.2) is 4.98 Å². The third-order valence-electron chi connectivity index (χ3n) is 3.14. The minimum atomic E-state index is -0.827. The molecule has 0 atom stereocenters. The van der Waals surface area contributed by atoms with Gasteiger partial charge < -0.3 is 5.11 Å². The van der Waals surface area contributed by atoms with Crippen molar-refractivity contribution in [2.75, 3.05) is 0 Å². The van der Waals surface area contributed by atoms with Gasteiger partial charge in [-0.3, -0.25) is 4.79 Å². The Hall–Kier alpha value is -1.61. The molecule has 1 aromatic carbocycles. The predicted molar refractivity (Wildman–Crippen MR) is 76.8 cm³/mol. The number of carboxylic acids is 1. The van der Waals surface area contributed by atoms with Crippen LogP contribution in [-0.4, -0.2) is 16.1 Å². The Labute approximate surface area is 117 Å². The molecule has 2 aromatic rings. The quantitative estimate of drug-likeness (QED) is 0.859. The summed E-state index contributed by atoms with van der Waals surface area (Å²) in [5, 5.41) is 10.1. The third-order valence-corrected chi connectivity index (χ3v) is 3.47. The first kappa shape index (κ1) is 13.8. The summed E-state index contributed by atoms with van der Waals surface area (Å²) in [6, 6.07) is 8.04. The second kappa shape index (κ2) is 5.57. The van der Waals surface area contributed by atoms with Crippen molar-refractivity contribution >= 4 is 28.5 Å². The standard InChI is InChI=1S/C15H16ClNO2/c1-9(2)10-3-5-13-12(7-10)8-11(15(16)17-13)4-6-14(18)19/h3,5,7-9H,4,6H2,1-2H3,(H,18,19). The fourth-order valence-corrected chi connectivity index (χ4v) is 2.23. The lowest BCUT2D eigenvalue weighted by atomic mass is 10.00. The fraction of sp³-hybridized carbons (Fsp3) is 0.333. The Bertz CT molecular complexity index is 623. The van der Waals surface area contributed by atoms with Crippen molar-refractivity contribution in [1.29, 1.82) is 0 Å². The zero-order valence-electron chi connectivity index (χ0n) is 11.0. The molecular formula is C15H16ClNO2. The summed E-state index contributed by atoms with van der Waals surface area (Å²) in [5.41, 5.74) is 2.87. The molecule has 0 amide bonds. The number of fused-ring (bicyclic) bond motifs is 1. The fourth-order valence-electron chi connectivity index (χ4n) is 1.99. The van der Waals surface area contributed by atoms with Gasteiger partial charge in [0.1, 0.15) is 5.15 Å². The van der Waals surface area contributed by atoms with Gasteiger partial charge in [0.05, 0.1) is 5.52 Å². The number of halogens is 1. The summed E-state index contributed by atoms with van der Waals surface area (Å²) < 4.78 is 0. The van der Waals surface area contributed by atoms with Crippen molar-refractivity contribution in [2.24, 2.45) is 0 Å². The number of hydrogen-bond acceptors (Lipinski definition) is 2. The number of aliphatic carboxylic acids is 1. The maximum Gasteiger partial charge on any atom is 0.303 e. The highest BCUT2D eigenvalue weighted by molar-refractivity contribution is 6.30. The molecule has 0 saturated carbocycles. The van der Waals surface area contributed by atoms with Gasteiger partial charge in [-0.1, -0.05) is 31.5 Å². The molecule has 1 heterocycles. The maximum atomic E-state index is 10.6. The molecule has 0 aliphatic heterocycles. The van der Waals surface area contributed by atoms with Crippen LogP contribution in [0.1, 0.15) is 37.3 Å². The average Bonchev–Trinajstić information content (AvgIpc) is 2.35. The Morgan fingerprint density at radius 3 is 2.74 bits per heavy atom. The molecule has 0 saturated heterocycles. The largest absolute Gasteiger partial charge is 0.481 e. The number of hydrogen-bond donors (Lipinski definition) is 1. The molecule has 1 N–H and O–H groups in total. The summed E-state index contributed by atoms with van der Waals surface area (Å²) in [4.78, 5) is 15.0. The van der Waals surface area contributed by atoms with Crippen LogP contribution in [0.15, 0.2) is 24.3 Å². The van der Waals surface area contributed by atoms with Crippen LogP contribution in [-0.2, 0) is 11.2 Å². The van der Waals surface area contributed by atoms with Crippen molar-refractivity contribution in [2.45, 2.75) is 32.6 Å². The zero-order chi connectivity index (χ0) is 14.0. The summed E-state index contributed by atoms with van der Waals surface area (Å²) in [5.74, 6) is -0.380. The first-order valence-corrected chi connectivity index (χ1v) is 6.66. The molecule has 19 heavy (non-hydrogen) atoms. The van der Waals surface area contributed by atoms with E-state index in [1.165, 1.54) is 5.56 Å². The van der Waals surface area contributed by atoms with Crippen LogP contribution in [0.3, 0.4) is 0 Å². The summed E-state index contributed by atoms with van der Waals surface area (Å²) in [6.45, 7) is 4.27. The first-order valence-electron chi connectivity index (χ1n) is 6.28. The number of carbonyl (C=O) groups is 1. The van der Waals surface area contributed by atoms with Crippen molar-refractivity contribution in [3.8, 4) is 0 Å². The van der Waals surface area contributed by atoms with E-state index in [0.717, 1.165) is 16.5 Å². The highest BCUT2D eigenvalue weighted by Gasteiger charge is 2.08. The number of nitrogens with zero attached hydrogens (tertiary/aromatic N) is 1. The zero-order valence-corrected chi connectivity index (χ0v) is 11.7. The number of benzene rings is 1. The van der Waals surface area contributed by atoms with Crippen LogP contribution in [0, 0.1) is 0 Å². The molecule has 1 aromatic heterocycles. The lowest BCUT2D eigenvalue weighted by molar-refractivity contribution is -0.136. The van der Waals surface area contributed by atoms with Crippen LogP contribution >= 0.6 is 11.6 Å². The number of rotatable bonds is 4. The molecule has 100 valence electrons. The van der Waals surface area contributed by atoms with E-state index in [1.807, 2.05) is 18.2 Å². The van der Waals surface area contributed by atoms with E-state index < -0.39 is 5.97 Å². The van der Waals surface area contributed by atoms with Gasteiger partial charge in [0.15, 0.2) is 0 Å². The second-order valence-corrected chi connectivity index (χ2v) is 5.30. The SMILES string of the molecule is CC(C)c1ccc2nc(Cl)c(CCC(=O)O)cc2c1. The molecule has 0 unspecified atom stereocenters. The van der Waals surface area contributed by atoms with Gasteiger partial charge >= 0.3 is 5.97 Å². The lowest BCUT2D eigenvalue weighted by Gasteiger charge is -2.09. The number of aromatic nitrogens is 1. The number of pyridine rings is 1. The third kappa shape index (κ3) is 3.24. The van der Waals surface area contributed by atoms with E-state index in [4.69, 9.17) is 16.7 Å². The van der Waals surface area contributed by atoms with E-state index in [1.54, 1.807) is 0 Å². The summed E-state index contributed by atoms with van der Waals surface area (Å²) in [6.07, 6.45) is 0.472. The van der Waals surface area contributed by atoms with Crippen LogP contribution in [0.4, 0.5) is 0 Å². The van der Waals surface area contributed by atoms with Gasteiger partial charge in [-0.2, -0.15) is 0 Å². The van der Waals surface area contributed by atoms with Gasteiger partial charge in [0.2, 0.25) is 0 Å². The molecule has 0 spiro atoms. The average molecular weight is 278 g/mol. The second-order valence-electron chi connectivity index (χ2n) is 4.94. The lowest BCUT2D eigenvalue weighted by Crippen LogP contribution is -1.99. The van der Waals surface area contributed by atoms with Gasteiger partial charge in [0.25, 0.3) is 0 Å². The topological polar surface area (TPSA) is 50.2 Å². The van der Waals surface area contributed by atoms with Gasteiger partial charge in [0, 0.05) is 11.8 Å². The van der Waals surface area contributed by atoms with E-state index >= 15 is 0 Å². The molecule has 0 radical (unpaired) electrons. The Morgan fingerprint density at radius 2 is 2.11 bits per heavy atom. The minimum Gasteiger partial charge on any atom is -0.481 e. The van der Waals surface area contributed by atoms with Crippen LogP contribution in [0.2, 0.25) is 5.15 Å². The summed E-state index contributed by atoms with van der Waals surface area (Å²) in [7, 11) is 0. The molecule has 0 fully saturated rings. The highest BCUT2D eigenvalue weighted by atomic mass is 35.5. The number of aryl methyl sites for hydroxylation is 1. The molecule has 3 nitrogen and oxygen atoms in total. The molecule has 2 rings (SSSR count). The van der Waals surface area contributed by atoms with Crippen molar-refractivity contribution in [3.05, 3.63) is 40.5 Å². The Kier molecular flexibility index (Phi) is 4.05. The highest BCUT2D eigenvalue weighted by Crippen LogP contribution is 2.25. The Balaban J connectivity index is 2.43. The predicted octanol–water partition coefficient (Wildman–Crippen LogP) is 4.03. The molecule has 4 heteroatoms. The van der Waals surface area contributed by atoms with Crippen molar-refractivity contribution in [1.82, 2.24) is 4.98 Å². The smallest absolute Gasteiger partial charge is 0.303 e. The minimum absolute atomic E-state index is 0.0662. The monoisotopic (exact) mass is 277 g/mol. The van der Waals surface area contributed by atoms with Crippen LogP contribution in [0.25, 0.3) is 10.9 Å². The van der Waals surface area contributed by atoms with E-state index in [-0.39, 0.29) is 6.42 Å². The first-order chi connectivity index (χ1) is 8.97. The van der Waals surface area contributed by atoms with E-state index in [9.17, 15) is 4.79 Å². The molecule has 0 aliphatic carbocycles. The van der Waals surface area contributed by atoms with Gasteiger partial charge in [-0.05, 0) is 41.7 Å². The van der Waals surface area contributed by atoms with Crippen molar-refractivity contribution in [3.63, 3.8) is 0 Å². The van der Waals surface area contributed by atoms with Crippen molar-refractivity contribution < 1.29 is 9.90 Å². The molecule has 0 aliphatic rings. The van der Waals surface area contributed by atoms with Gasteiger partial charge in [-0.15, -0.1) is 0 Å². The normalized spacial score (nSPS) is 11.2.